The van der Waals surface area contributed by atoms with Crippen molar-refractivity contribution in [3.05, 3.63) is 60.2 Å². The van der Waals surface area contributed by atoms with Gasteiger partial charge < -0.3 is 10.1 Å². The van der Waals surface area contributed by atoms with Crippen LogP contribution in [0.25, 0.3) is 22.2 Å². The summed E-state index contributed by atoms with van der Waals surface area (Å²) < 4.78 is 0. The molecule has 3 nitrogen and oxygen atoms in total. The van der Waals surface area contributed by atoms with Crippen molar-refractivity contribution in [2.24, 2.45) is 0 Å². The van der Waals surface area contributed by atoms with Crippen LogP contribution in [0.1, 0.15) is 10.4 Å². The van der Waals surface area contributed by atoms with Gasteiger partial charge in [0.2, 0.25) is 0 Å². The molecule has 0 amide bonds. The molecule has 2 N–H and O–H groups in total. The highest BCUT2D eigenvalue weighted by atomic mass is 16.4. The Kier molecular flexibility index (Phi) is 2.38. The van der Waals surface area contributed by atoms with Crippen LogP contribution >= 0.6 is 0 Å². The molecule has 0 saturated heterocycles. The van der Waals surface area contributed by atoms with Crippen molar-refractivity contribution in [2.45, 2.75) is 0 Å². The minimum Gasteiger partial charge on any atom is -0.478 e. The minimum absolute atomic E-state index is 0.301. The Balaban J connectivity index is 2.06. The summed E-state index contributed by atoms with van der Waals surface area (Å²) in [7, 11) is 0. The molecule has 0 bridgehead atoms. The number of aromatic carboxylic acids is 1. The average Bonchev–Trinajstić information content (AvgIpc) is 2.82. The molecule has 88 valence electrons. The maximum atomic E-state index is 10.8. The lowest BCUT2D eigenvalue weighted by Crippen LogP contribution is -1.94. The Labute approximate surface area is 104 Å². The van der Waals surface area contributed by atoms with Gasteiger partial charge in [0.05, 0.1) is 5.56 Å². The van der Waals surface area contributed by atoms with Crippen LogP contribution in [0.4, 0.5) is 0 Å². The van der Waals surface area contributed by atoms with E-state index < -0.39 is 5.97 Å². The molecule has 1 aromatic heterocycles. The number of carboxylic acids is 1. The molecule has 3 rings (SSSR count). The number of para-hydroxylation sites is 1. The Bertz CT molecular complexity index is 678. The second-order valence-electron chi connectivity index (χ2n) is 4.15. The first-order valence-electron chi connectivity index (χ1n) is 5.65. The molecule has 0 fully saturated rings. The Hall–Kier alpha value is -2.55. The molecular weight excluding hydrogens is 226 g/mol. The molecule has 0 unspecified atom stereocenters. The fraction of sp³-hybridized carbons (Fsp3) is 0. The molecule has 0 aliphatic rings. The normalized spacial score (nSPS) is 10.7. The predicted octanol–water partition coefficient (Wildman–Crippen LogP) is 3.53. The van der Waals surface area contributed by atoms with Gasteiger partial charge in [-0.25, -0.2) is 4.79 Å². The van der Waals surface area contributed by atoms with Crippen molar-refractivity contribution in [2.75, 3.05) is 0 Å². The third kappa shape index (κ3) is 1.76. The SMILES string of the molecule is O=C(O)c1ccc(-c2cc3ccccc3[nH]2)cc1. The Morgan fingerprint density at radius 1 is 1.00 bits per heavy atom. The number of nitrogens with one attached hydrogen (secondary N) is 1. The van der Waals surface area contributed by atoms with E-state index in [1.165, 1.54) is 0 Å². The monoisotopic (exact) mass is 237 g/mol. The number of hydrogen-bond acceptors (Lipinski definition) is 1. The van der Waals surface area contributed by atoms with Crippen LogP contribution in [0, 0.1) is 0 Å². The van der Waals surface area contributed by atoms with Gasteiger partial charge in [-0.05, 0) is 29.8 Å². The van der Waals surface area contributed by atoms with E-state index in [9.17, 15) is 4.79 Å². The number of carbonyl (C=O) groups is 1. The lowest BCUT2D eigenvalue weighted by molar-refractivity contribution is 0.0697. The van der Waals surface area contributed by atoms with E-state index in [-0.39, 0.29) is 0 Å². The molecule has 3 aromatic rings. The molecule has 0 spiro atoms. The van der Waals surface area contributed by atoms with Gasteiger partial charge in [0.15, 0.2) is 0 Å². The summed E-state index contributed by atoms with van der Waals surface area (Å²) in [4.78, 5) is 14.1. The molecule has 1 heterocycles. The summed E-state index contributed by atoms with van der Waals surface area (Å²) in [6.07, 6.45) is 0. The average molecular weight is 237 g/mol. The number of aromatic amines is 1. The van der Waals surface area contributed by atoms with E-state index in [4.69, 9.17) is 5.11 Å². The third-order valence-corrected chi connectivity index (χ3v) is 2.97. The van der Waals surface area contributed by atoms with Gasteiger partial charge in [0, 0.05) is 16.6 Å². The van der Waals surface area contributed by atoms with Crippen LogP contribution in [0.2, 0.25) is 0 Å². The second kappa shape index (κ2) is 4.04. The predicted molar refractivity (Wildman–Crippen MR) is 70.7 cm³/mol. The van der Waals surface area contributed by atoms with Crippen LogP contribution < -0.4 is 0 Å². The Morgan fingerprint density at radius 2 is 1.72 bits per heavy atom. The minimum atomic E-state index is -0.904. The van der Waals surface area contributed by atoms with E-state index in [1.807, 2.05) is 36.4 Å². The largest absolute Gasteiger partial charge is 0.478 e. The topological polar surface area (TPSA) is 53.1 Å². The number of H-pyrrole nitrogens is 1. The first kappa shape index (κ1) is 10.6. The van der Waals surface area contributed by atoms with Crippen LogP contribution in [-0.2, 0) is 0 Å². The first-order valence-corrected chi connectivity index (χ1v) is 5.65. The van der Waals surface area contributed by atoms with Gasteiger partial charge in [-0.3, -0.25) is 0 Å². The van der Waals surface area contributed by atoms with E-state index in [1.54, 1.807) is 12.1 Å². The van der Waals surface area contributed by atoms with Crippen molar-refractivity contribution in [1.29, 1.82) is 0 Å². The van der Waals surface area contributed by atoms with Gasteiger partial charge in [0.1, 0.15) is 0 Å². The summed E-state index contributed by atoms with van der Waals surface area (Å²) in [5.74, 6) is -0.904. The van der Waals surface area contributed by atoms with Crippen LogP contribution in [0.3, 0.4) is 0 Å². The molecule has 0 aliphatic heterocycles. The first-order chi connectivity index (χ1) is 8.74. The molecule has 0 radical (unpaired) electrons. The van der Waals surface area contributed by atoms with E-state index in [0.29, 0.717) is 5.56 Å². The van der Waals surface area contributed by atoms with Gasteiger partial charge in [0.25, 0.3) is 0 Å². The molecule has 0 atom stereocenters. The lowest BCUT2D eigenvalue weighted by atomic mass is 10.1. The molecule has 3 heteroatoms. The highest BCUT2D eigenvalue weighted by Crippen LogP contribution is 2.24. The highest BCUT2D eigenvalue weighted by molar-refractivity contribution is 5.89. The summed E-state index contributed by atoms with van der Waals surface area (Å²) >= 11 is 0. The van der Waals surface area contributed by atoms with Crippen LogP contribution in [0.5, 0.6) is 0 Å². The van der Waals surface area contributed by atoms with Gasteiger partial charge in [-0.15, -0.1) is 0 Å². The maximum Gasteiger partial charge on any atom is 0.335 e. The summed E-state index contributed by atoms with van der Waals surface area (Å²) in [6.45, 7) is 0. The van der Waals surface area contributed by atoms with Crippen LogP contribution in [-0.4, -0.2) is 16.1 Å². The van der Waals surface area contributed by atoms with E-state index in [2.05, 4.69) is 11.1 Å². The van der Waals surface area contributed by atoms with Crippen molar-refractivity contribution < 1.29 is 9.90 Å². The van der Waals surface area contributed by atoms with Gasteiger partial charge in [-0.2, -0.15) is 0 Å². The summed E-state index contributed by atoms with van der Waals surface area (Å²) in [5, 5.41) is 10.0. The number of rotatable bonds is 2. The number of aromatic nitrogens is 1. The van der Waals surface area contributed by atoms with Crippen molar-refractivity contribution in [3.8, 4) is 11.3 Å². The molecule has 18 heavy (non-hydrogen) atoms. The van der Waals surface area contributed by atoms with Crippen LogP contribution in [0.15, 0.2) is 54.6 Å². The van der Waals surface area contributed by atoms with Gasteiger partial charge >= 0.3 is 5.97 Å². The van der Waals surface area contributed by atoms with Crippen molar-refractivity contribution in [1.82, 2.24) is 4.98 Å². The number of hydrogen-bond donors (Lipinski definition) is 2. The number of fused-ring (bicyclic) bond motifs is 1. The fourth-order valence-corrected chi connectivity index (χ4v) is 2.02. The second-order valence-corrected chi connectivity index (χ2v) is 4.15. The number of benzene rings is 2. The molecule has 2 aromatic carbocycles. The smallest absolute Gasteiger partial charge is 0.335 e. The summed E-state index contributed by atoms with van der Waals surface area (Å²) in [6, 6.07) is 17.0. The quantitative estimate of drug-likeness (QED) is 0.716. The zero-order valence-corrected chi connectivity index (χ0v) is 9.55. The number of carboxylic acid groups (broad SMARTS) is 1. The zero-order valence-electron chi connectivity index (χ0n) is 9.55. The Morgan fingerprint density at radius 3 is 2.39 bits per heavy atom. The third-order valence-electron chi connectivity index (χ3n) is 2.97. The van der Waals surface area contributed by atoms with E-state index in [0.717, 1.165) is 22.2 Å². The molecule has 0 saturated carbocycles. The van der Waals surface area contributed by atoms with Crippen molar-refractivity contribution >= 4 is 16.9 Å². The van der Waals surface area contributed by atoms with Gasteiger partial charge in [-0.1, -0.05) is 30.3 Å². The van der Waals surface area contributed by atoms with Crippen molar-refractivity contribution in [3.63, 3.8) is 0 Å². The standard InChI is InChI=1S/C15H11NO2/c17-15(18)11-7-5-10(6-8-11)14-9-12-3-1-2-4-13(12)16-14/h1-9,16H,(H,17,18). The fourth-order valence-electron chi connectivity index (χ4n) is 2.02. The zero-order chi connectivity index (χ0) is 12.5. The molecule has 0 aliphatic carbocycles. The van der Waals surface area contributed by atoms with E-state index >= 15 is 0 Å². The molecular formula is C15H11NO2. The maximum absolute atomic E-state index is 10.8. The lowest BCUT2D eigenvalue weighted by Gasteiger charge is -1.98. The highest BCUT2D eigenvalue weighted by Gasteiger charge is 2.05. The summed E-state index contributed by atoms with van der Waals surface area (Å²) in [5.41, 5.74) is 3.36.